The van der Waals surface area contributed by atoms with Gasteiger partial charge in [0, 0.05) is 26.2 Å². The Balaban J connectivity index is 1.98. The minimum atomic E-state index is -0.0842. The molecule has 1 aliphatic rings. The second-order valence-electron chi connectivity index (χ2n) is 4.82. The number of amides is 1. The van der Waals surface area contributed by atoms with Crippen molar-refractivity contribution in [3.05, 3.63) is 23.0 Å². The summed E-state index contributed by atoms with van der Waals surface area (Å²) in [5.41, 5.74) is 0.352. The van der Waals surface area contributed by atoms with Gasteiger partial charge in [-0.05, 0) is 31.5 Å². The molecular weight excluding hydrogens is 264 g/mol. The Morgan fingerprint density at radius 3 is 2.63 bits per heavy atom. The Kier molecular flexibility index (Phi) is 4.71. The molecule has 0 saturated carbocycles. The van der Waals surface area contributed by atoms with Gasteiger partial charge in [0.2, 0.25) is 0 Å². The summed E-state index contributed by atoms with van der Waals surface area (Å²) in [7, 11) is 1.84. The maximum absolute atomic E-state index is 12.3. The van der Waals surface area contributed by atoms with Gasteiger partial charge in [-0.3, -0.25) is 4.79 Å². The molecule has 0 aliphatic carbocycles. The highest BCUT2D eigenvalue weighted by Gasteiger charge is 2.26. The van der Waals surface area contributed by atoms with E-state index in [2.05, 4.69) is 22.0 Å². The van der Waals surface area contributed by atoms with Crippen LogP contribution < -0.4 is 0 Å². The van der Waals surface area contributed by atoms with E-state index in [-0.39, 0.29) is 11.9 Å². The second-order valence-corrected chi connectivity index (χ2v) is 5.21. The predicted octanol–water partition coefficient (Wildman–Crippen LogP) is 1.69. The molecule has 6 heteroatoms. The van der Waals surface area contributed by atoms with Crippen LogP contribution in [0, 0.1) is 0 Å². The quantitative estimate of drug-likeness (QED) is 0.846. The lowest BCUT2D eigenvalue weighted by molar-refractivity contribution is 0.0640. The number of aromatic nitrogens is 2. The fourth-order valence-corrected chi connectivity index (χ4v) is 2.50. The summed E-state index contributed by atoms with van der Waals surface area (Å²) in [5, 5.41) is 7.86. The first-order valence-corrected chi connectivity index (χ1v) is 6.98. The highest BCUT2D eigenvalue weighted by atomic mass is 35.5. The summed E-state index contributed by atoms with van der Waals surface area (Å²) in [6.07, 6.45) is 2.02. The fraction of sp³-hybridized carbons (Fsp3) is 0.615. The van der Waals surface area contributed by atoms with E-state index in [4.69, 9.17) is 11.6 Å². The van der Waals surface area contributed by atoms with E-state index in [1.54, 1.807) is 17.0 Å². The third kappa shape index (κ3) is 3.42. The molecule has 0 atom stereocenters. The average Bonchev–Trinajstić information content (AvgIpc) is 2.46. The molecule has 0 unspecified atom stereocenters. The molecule has 1 fully saturated rings. The number of carbonyl (C=O) groups excluding carboxylic acids is 1. The van der Waals surface area contributed by atoms with E-state index in [9.17, 15) is 4.79 Å². The molecule has 0 aromatic carbocycles. The van der Waals surface area contributed by atoms with Gasteiger partial charge in [-0.2, -0.15) is 0 Å². The molecular formula is C13H19ClN4O. The van der Waals surface area contributed by atoms with Crippen LogP contribution in [0.15, 0.2) is 12.1 Å². The van der Waals surface area contributed by atoms with Crippen molar-refractivity contribution in [3.8, 4) is 0 Å². The molecule has 5 nitrogen and oxygen atoms in total. The van der Waals surface area contributed by atoms with Gasteiger partial charge in [-0.25, -0.2) is 0 Å². The summed E-state index contributed by atoms with van der Waals surface area (Å²) < 4.78 is 0. The van der Waals surface area contributed by atoms with Crippen LogP contribution in [-0.2, 0) is 0 Å². The topological polar surface area (TPSA) is 49.3 Å². The lowest BCUT2D eigenvalue weighted by atomic mass is 10.0. The smallest absolute Gasteiger partial charge is 0.274 e. The van der Waals surface area contributed by atoms with Crippen LogP contribution in [0.2, 0.25) is 5.15 Å². The van der Waals surface area contributed by atoms with E-state index in [0.29, 0.717) is 10.8 Å². The lowest BCUT2D eigenvalue weighted by Gasteiger charge is -2.36. The fourth-order valence-electron chi connectivity index (χ4n) is 2.40. The number of rotatable bonds is 3. The van der Waals surface area contributed by atoms with Gasteiger partial charge >= 0.3 is 0 Å². The van der Waals surface area contributed by atoms with Crippen LogP contribution in [0.1, 0.15) is 30.3 Å². The maximum Gasteiger partial charge on any atom is 0.274 e. The van der Waals surface area contributed by atoms with Gasteiger partial charge in [0.1, 0.15) is 0 Å². The van der Waals surface area contributed by atoms with Crippen LogP contribution in [0.25, 0.3) is 0 Å². The van der Waals surface area contributed by atoms with Gasteiger partial charge in [0.15, 0.2) is 10.8 Å². The lowest BCUT2D eigenvalue weighted by Crippen LogP contribution is -2.45. The average molecular weight is 283 g/mol. The third-order valence-electron chi connectivity index (χ3n) is 3.72. The summed E-state index contributed by atoms with van der Waals surface area (Å²) in [5.74, 6) is -0.0842. The molecule has 1 amide bonds. The zero-order valence-corrected chi connectivity index (χ0v) is 12.1. The van der Waals surface area contributed by atoms with Crippen molar-refractivity contribution in [2.24, 2.45) is 0 Å². The third-order valence-corrected chi connectivity index (χ3v) is 3.93. The first kappa shape index (κ1) is 14.2. The summed E-state index contributed by atoms with van der Waals surface area (Å²) >= 11 is 5.67. The van der Waals surface area contributed by atoms with Crippen molar-refractivity contribution in [2.45, 2.75) is 25.8 Å². The van der Waals surface area contributed by atoms with Gasteiger partial charge < -0.3 is 9.80 Å². The van der Waals surface area contributed by atoms with Crippen LogP contribution >= 0.6 is 11.6 Å². The molecule has 1 aliphatic heterocycles. The normalized spacial score (nSPS) is 17.4. The SMILES string of the molecule is CCN1CCC(N(C)C(=O)c2ccc(Cl)nn2)CC1. The highest BCUT2D eigenvalue weighted by molar-refractivity contribution is 6.29. The number of piperidine rings is 1. The van der Waals surface area contributed by atoms with E-state index in [1.165, 1.54) is 0 Å². The van der Waals surface area contributed by atoms with Crippen molar-refractivity contribution in [1.29, 1.82) is 0 Å². The molecule has 2 heterocycles. The molecule has 2 rings (SSSR count). The molecule has 1 saturated heterocycles. The second kappa shape index (κ2) is 6.30. The monoisotopic (exact) mass is 282 g/mol. The molecule has 1 aromatic heterocycles. The minimum Gasteiger partial charge on any atom is -0.337 e. The largest absolute Gasteiger partial charge is 0.337 e. The van der Waals surface area contributed by atoms with Crippen molar-refractivity contribution < 1.29 is 4.79 Å². The first-order valence-electron chi connectivity index (χ1n) is 6.60. The molecule has 0 spiro atoms. The van der Waals surface area contributed by atoms with Crippen molar-refractivity contribution in [1.82, 2.24) is 20.0 Å². The van der Waals surface area contributed by atoms with Crippen LogP contribution in [0.4, 0.5) is 0 Å². The van der Waals surface area contributed by atoms with Crippen LogP contribution in [-0.4, -0.2) is 58.6 Å². The number of carbonyl (C=O) groups is 1. The number of nitrogens with zero attached hydrogens (tertiary/aromatic N) is 4. The zero-order valence-electron chi connectivity index (χ0n) is 11.3. The van der Waals surface area contributed by atoms with Crippen molar-refractivity contribution in [3.63, 3.8) is 0 Å². The Morgan fingerprint density at radius 2 is 2.11 bits per heavy atom. The van der Waals surface area contributed by atoms with Crippen LogP contribution in [0.5, 0.6) is 0 Å². The molecule has 104 valence electrons. The van der Waals surface area contributed by atoms with Crippen molar-refractivity contribution in [2.75, 3.05) is 26.7 Å². The van der Waals surface area contributed by atoms with Crippen LogP contribution in [0.3, 0.4) is 0 Å². The predicted molar refractivity (Wildman–Crippen MR) is 74.3 cm³/mol. The Hall–Kier alpha value is -1.20. The molecule has 1 aromatic rings. The Morgan fingerprint density at radius 1 is 1.42 bits per heavy atom. The number of likely N-dealkylation sites (tertiary alicyclic amines) is 1. The zero-order chi connectivity index (χ0) is 13.8. The standard InChI is InChI=1S/C13H19ClN4O/c1-3-18-8-6-10(7-9-18)17(2)13(19)11-4-5-12(14)16-15-11/h4-5,10H,3,6-9H2,1-2H3. The number of hydrogen-bond donors (Lipinski definition) is 0. The van der Waals surface area contributed by atoms with E-state index < -0.39 is 0 Å². The minimum absolute atomic E-state index is 0.0842. The summed E-state index contributed by atoms with van der Waals surface area (Å²) in [6.45, 7) is 5.34. The Labute approximate surface area is 118 Å². The van der Waals surface area contributed by atoms with E-state index in [1.807, 2.05) is 7.05 Å². The highest BCUT2D eigenvalue weighted by Crippen LogP contribution is 2.17. The molecule has 0 bridgehead atoms. The number of hydrogen-bond acceptors (Lipinski definition) is 4. The summed E-state index contributed by atoms with van der Waals surface area (Å²) in [6, 6.07) is 3.50. The summed E-state index contributed by atoms with van der Waals surface area (Å²) in [4.78, 5) is 16.5. The first-order chi connectivity index (χ1) is 9.11. The number of halogens is 1. The van der Waals surface area contributed by atoms with E-state index in [0.717, 1.165) is 32.5 Å². The molecule has 0 N–H and O–H groups in total. The molecule has 0 radical (unpaired) electrons. The maximum atomic E-state index is 12.3. The van der Waals surface area contributed by atoms with E-state index >= 15 is 0 Å². The van der Waals surface area contributed by atoms with Gasteiger partial charge in [-0.1, -0.05) is 18.5 Å². The van der Waals surface area contributed by atoms with Crippen molar-refractivity contribution >= 4 is 17.5 Å². The van der Waals surface area contributed by atoms with Gasteiger partial charge in [0.05, 0.1) is 0 Å². The van der Waals surface area contributed by atoms with Gasteiger partial charge in [0.25, 0.3) is 5.91 Å². The Bertz CT molecular complexity index is 429. The van der Waals surface area contributed by atoms with Gasteiger partial charge in [-0.15, -0.1) is 10.2 Å². The molecule has 19 heavy (non-hydrogen) atoms.